The van der Waals surface area contributed by atoms with Crippen molar-refractivity contribution < 1.29 is 32.2 Å². The lowest BCUT2D eigenvalue weighted by Gasteiger charge is -2.31. The van der Waals surface area contributed by atoms with Crippen LogP contribution in [0.2, 0.25) is 0 Å². The van der Waals surface area contributed by atoms with Gasteiger partial charge in [0.05, 0.1) is 6.07 Å². The van der Waals surface area contributed by atoms with E-state index in [2.05, 4.69) is 16.1 Å². The maximum Gasteiger partial charge on any atom is 0.573 e. The topological polar surface area (TPSA) is 88.4 Å². The van der Waals surface area contributed by atoms with Crippen LogP contribution in [0.25, 0.3) is 6.08 Å². The van der Waals surface area contributed by atoms with E-state index in [9.17, 15) is 28.0 Å². The Hall–Kier alpha value is -3.02. The molecule has 1 aliphatic carbocycles. The van der Waals surface area contributed by atoms with Crippen LogP contribution in [-0.2, 0) is 14.3 Å². The van der Waals surface area contributed by atoms with Gasteiger partial charge < -0.3 is 14.8 Å². The highest BCUT2D eigenvalue weighted by atomic mass is 19.4. The molecule has 9 heteroatoms. The van der Waals surface area contributed by atoms with Gasteiger partial charge in [0.2, 0.25) is 0 Å². The van der Waals surface area contributed by atoms with Crippen LogP contribution in [0, 0.1) is 11.3 Å². The third-order valence-corrected chi connectivity index (χ3v) is 4.17. The van der Waals surface area contributed by atoms with Gasteiger partial charge in [0.1, 0.15) is 11.3 Å². The molecule has 1 N–H and O–H groups in total. The third-order valence-electron chi connectivity index (χ3n) is 4.17. The Morgan fingerprint density at radius 1 is 1.18 bits per heavy atom. The highest BCUT2D eigenvalue weighted by Gasteiger charge is 2.33. The number of esters is 1. The van der Waals surface area contributed by atoms with Gasteiger partial charge in [-0.2, -0.15) is 5.26 Å². The molecule has 6 nitrogen and oxygen atoms in total. The van der Waals surface area contributed by atoms with E-state index in [0.29, 0.717) is 18.4 Å². The molecule has 1 saturated carbocycles. The fourth-order valence-corrected chi connectivity index (χ4v) is 2.85. The Bertz CT molecular complexity index is 761. The molecule has 1 amide bonds. The van der Waals surface area contributed by atoms with Crippen molar-refractivity contribution in [2.45, 2.75) is 44.0 Å². The van der Waals surface area contributed by atoms with E-state index in [1.165, 1.54) is 18.2 Å². The number of nitrogens with zero attached hydrogens (tertiary/aromatic N) is 1. The smallest absolute Gasteiger partial charge is 0.452 e. The minimum atomic E-state index is -4.77. The summed E-state index contributed by atoms with van der Waals surface area (Å²) in [6.07, 6.45) is 1.45. The largest absolute Gasteiger partial charge is 0.573 e. The molecular formula is C19H19F3N2O4. The Labute approximate surface area is 159 Å². The number of ether oxygens (including phenoxy) is 2. The predicted octanol–water partition coefficient (Wildman–Crippen LogP) is 3.48. The molecule has 150 valence electrons. The van der Waals surface area contributed by atoms with Crippen molar-refractivity contribution in [1.82, 2.24) is 5.32 Å². The van der Waals surface area contributed by atoms with E-state index in [0.717, 1.165) is 37.5 Å². The number of hydrogen-bond donors (Lipinski definition) is 1. The van der Waals surface area contributed by atoms with E-state index in [-0.39, 0.29) is 5.75 Å². The summed E-state index contributed by atoms with van der Waals surface area (Å²) in [6, 6.07) is 7.01. The van der Waals surface area contributed by atoms with Gasteiger partial charge in [-0.15, -0.1) is 13.2 Å². The molecule has 0 saturated heterocycles. The summed E-state index contributed by atoms with van der Waals surface area (Å²) < 4.78 is 44.8. The quantitative estimate of drug-likeness (QED) is 0.587. The molecule has 1 fully saturated rings. The lowest BCUT2D eigenvalue weighted by atomic mass is 9.83. The van der Waals surface area contributed by atoms with Crippen LogP contribution in [-0.4, -0.2) is 30.4 Å². The molecule has 2 rings (SSSR count). The average molecular weight is 396 g/mol. The van der Waals surface area contributed by atoms with E-state index in [1.54, 1.807) is 0 Å². The van der Waals surface area contributed by atoms with Crippen molar-refractivity contribution in [2.24, 2.45) is 0 Å². The zero-order valence-corrected chi connectivity index (χ0v) is 14.9. The van der Waals surface area contributed by atoms with Crippen LogP contribution >= 0.6 is 0 Å². The molecule has 0 aromatic heterocycles. The molecule has 1 aromatic rings. The average Bonchev–Trinajstić information content (AvgIpc) is 2.65. The van der Waals surface area contributed by atoms with Crippen LogP contribution in [0.3, 0.4) is 0 Å². The Morgan fingerprint density at radius 2 is 1.82 bits per heavy atom. The SMILES string of the molecule is N#CC1(NC(=O)COC(=O)/C=C/c2ccc(OC(F)(F)F)cc2)CCCCC1. The van der Waals surface area contributed by atoms with Crippen molar-refractivity contribution >= 4 is 18.0 Å². The number of alkyl halides is 3. The van der Waals surface area contributed by atoms with Crippen molar-refractivity contribution in [3.05, 3.63) is 35.9 Å². The van der Waals surface area contributed by atoms with Gasteiger partial charge in [-0.25, -0.2) is 4.79 Å². The number of hydrogen-bond acceptors (Lipinski definition) is 5. The second-order valence-corrected chi connectivity index (χ2v) is 6.36. The number of benzene rings is 1. The maximum absolute atomic E-state index is 12.1. The molecule has 1 aliphatic rings. The monoisotopic (exact) mass is 396 g/mol. The van der Waals surface area contributed by atoms with E-state index in [4.69, 9.17) is 4.74 Å². The number of nitrogens with one attached hydrogen (secondary N) is 1. The number of carbonyl (C=O) groups is 2. The normalized spacial score (nSPS) is 16.2. The summed E-state index contributed by atoms with van der Waals surface area (Å²) in [4.78, 5) is 23.6. The van der Waals surface area contributed by atoms with Gasteiger partial charge in [0.25, 0.3) is 5.91 Å². The lowest BCUT2D eigenvalue weighted by Crippen LogP contribution is -2.49. The lowest BCUT2D eigenvalue weighted by molar-refractivity contribution is -0.274. The minimum absolute atomic E-state index is 0.377. The Kier molecular flexibility index (Phi) is 7.04. The maximum atomic E-state index is 12.1. The third kappa shape index (κ3) is 6.95. The summed E-state index contributed by atoms with van der Waals surface area (Å²) in [5, 5.41) is 11.9. The van der Waals surface area contributed by atoms with Crippen LogP contribution in [0.4, 0.5) is 13.2 Å². The first-order chi connectivity index (χ1) is 13.2. The molecule has 0 bridgehead atoms. The summed E-state index contributed by atoms with van der Waals surface area (Å²) in [5.41, 5.74) is -0.459. The summed E-state index contributed by atoms with van der Waals surface area (Å²) >= 11 is 0. The van der Waals surface area contributed by atoms with Crippen LogP contribution in [0.1, 0.15) is 37.7 Å². The second kappa shape index (κ2) is 9.26. The molecule has 28 heavy (non-hydrogen) atoms. The molecule has 0 heterocycles. The standard InChI is InChI=1S/C19H19F3N2O4/c20-19(21,22)28-15-7-4-14(5-8-15)6-9-17(26)27-12-16(25)24-18(13-23)10-2-1-3-11-18/h4-9H,1-3,10-12H2,(H,24,25)/b9-6+. The second-order valence-electron chi connectivity index (χ2n) is 6.36. The summed E-state index contributed by atoms with van der Waals surface area (Å²) in [5.74, 6) is -1.72. The highest BCUT2D eigenvalue weighted by molar-refractivity contribution is 5.89. The Balaban J connectivity index is 1.80. The van der Waals surface area contributed by atoms with Crippen LogP contribution < -0.4 is 10.1 Å². The number of rotatable bonds is 6. The Morgan fingerprint density at radius 3 is 2.39 bits per heavy atom. The predicted molar refractivity (Wildman–Crippen MR) is 92.7 cm³/mol. The van der Waals surface area contributed by atoms with E-state index in [1.807, 2.05) is 0 Å². The van der Waals surface area contributed by atoms with Crippen LogP contribution in [0.15, 0.2) is 30.3 Å². The molecule has 0 radical (unpaired) electrons. The number of nitriles is 1. The van der Waals surface area contributed by atoms with Gasteiger partial charge in [0, 0.05) is 6.08 Å². The van der Waals surface area contributed by atoms with Gasteiger partial charge in [-0.05, 0) is 36.6 Å². The van der Waals surface area contributed by atoms with E-state index < -0.39 is 30.4 Å². The minimum Gasteiger partial charge on any atom is -0.452 e. The summed E-state index contributed by atoms with van der Waals surface area (Å²) in [6.45, 7) is -0.523. The highest BCUT2D eigenvalue weighted by Crippen LogP contribution is 2.27. The van der Waals surface area contributed by atoms with Crippen molar-refractivity contribution in [3.63, 3.8) is 0 Å². The van der Waals surface area contributed by atoms with Gasteiger partial charge in [0.15, 0.2) is 6.61 Å². The number of halogens is 3. The first-order valence-electron chi connectivity index (χ1n) is 8.64. The first kappa shape index (κ1) is 21.3. The first-order valence-corrected chi connectivity index (χ1v) is 8.64. The zero-order chi connectivity index (χ0) is 20.6. The van der Waals surface area contributed by atoms with Gasteiger partial charge >= 0.3 is 12.3 Å². The van der Waals surface area contributed by atoms with Gasteiger partial charge in [-0.3, -0.25) is 4.79 Å². The van der Waals surface area contributed by atoms with E-state index >= 15 is 0 Å². The molecule has 0 atom stereocenters. The summed E-state index contributed by atoms with van der Waals surface area (Å²) in [7, 11) is 0. The molecule has 0 spiro atoms. The molecular weight excluding hydrogens is 377 g/mol. The molecule has 0 unspecified atom stereocenters. The number of carbonyl (C=O) groups excluding carboxylic acids is 2. The van der Waals surface area contributed by atoms with Gasteiger partial charge in [-0.1, -0.05) is 31.4 Å². The molecule has 0 aliphatic heterocycles. The zero-order valence-electron chi connectivity index (χ0n) is 14.9. The van der Waals surface area contributed by atoms with Crippen molar-refractivity contribution in [3.8, 4) is 11.8 Å². The number of amides is 1. The van der Waals surface area contributed by atoms with Crippen molar-refractivity contribution in [2.75, 3.05) is 6.61 Å². The fraction of sp³-hybridized carbons (Fsp3) is 0.421. The van der Waals surface area contributed by atoms with Crippen LogP contribution in [0.5, 0.6) is 5.75 Å². The fourth-order valence-electron chi connectivity index (χ4n) is 2.85. The van der Waals surface area contributed by atoms with Crippen molar-refractivity contribution in [1.29, 1.82) is 5.26 Å². The molecule has 1 aromatic carbocycles.